The van der Waals surface area contributed by atoms with E-state index in [1.165, 1.54) is 25.4 Å². The van der Waals surface area contributed by atoms with Crippen LogP contribution < -0.4 is 21.3 Å². The summed E-state index contributed by atoms with van der Waals surface area (Å²) < 4.78 is 0. The zero-order valence-corrected chi connectivity index (χ0v) is 33.6. The number of pyridine rings is 2. The number of ketones is 3. The monoisotopic (exact) mass is 806 g/mol. The molecule has 2 aromatic heterocycles. The molecule has 0 radical (unpaired) electrons. The number of unbranched alkanes of at least 4 members (excludes halogenated alkanes) is 1. The first kappa shape index (κ1) is 44.5. The summed E-state index contributed by atoms with van der Waals surface area (Å²) >= 11 is 5.92. The number of halogens is 1. The lowest BCUT2D eigenvalue weighted by Gasteiger charge is -2.17. The number of rotatable bonds is 15. The molecule has 3 amide bonds. The number of urea groups is 1. The number of carbonyl (C=O) groups excluding carboxylic acids is 6. The van der Waals surface area contributed by atoms with E-state index in [1.54, 1.807) is 54.6 Å². The third-order valence-corrected chi connectivity index (χ3v) is 9.46. The number of aldehydes is 1. The summed E-state index contributed by atoms with van der Waals surface area (Å²) in [7, 11) is 0. The minimum absolute atomic E-state index is 0.0766. The van der Waals surface area contributed by atoms with E-state index >= 15 is 0 Å². The van der Waals surface area contributed by atoms with Crippen LogP contribution in [0, 0.1) is 29.6 Å². The molecular formula is C44H47ClN6O7. The zero-order chi connectivity index (χ0) is 42.2. The molecule has 0 bridgehead atoms. The van der Waals surface area contributed by atoms with Crippen molar-refractivity contribution >= 4 is 64.2 Å². The molecule has 14 heteroatoms. The number of hydrogen-bond acceptors (Lipinski definition) is 10. The van der Waals surface area contributed by atoms with Gasteiger partial charge in [0.05, 0.1) is 23.8 Å². The molecule has 5 rings (SSSR count). The Morgan fingerprint density at radius 1 is 0.914 bits per heavy atom. The highest BCUT2D eigenvalue weighted by atomic mass is 35.5. The van der Waals surface area contributed by atoms with Gasteiger partial charge < -0.3 is 31.2 Å². The third kappa shape index (κ3) is 12.4. The van der Waals surface area contributed by atoms with Gasteiger partial charge in [0.15, 0.2) is 11.6 Å². The maximum absolute atomic E-state index is 13.4. The fourth-order valence-electron chi connectivity index (χ4n) is 6.17. The molecule has 0 aliphatic heterocycles. The second kappa shape index (κ2) is 21.9. The molecule has 302 valence electrons. The molecule has 0 spiro atoms. The van der Waals surface area contributed by atoms with Crippen LogP contribution in [-0.2, 0) is 16.2 Å². The molecule has 4 aromatic rings. The highest BCUT2D eigenvalue weighted by Gasteiger charge is 2.43. The van der Waals surface area contributed by atoms with Gasteiger partial charge in [-0.15, -0.1) is 0 Å². The Morgan fingerprint density at radius 3 is 2.40 bits per heavy atom. The highest BCUT2D eigenvalue weighted by molar-refractivity contribution is 6.30. The summed E-state index contributed by atoms with van der Waals surface area (Å²) in [5.41, 5.74) is 4.08. The van der Waals surface area contributed by atoms with E-state index in [9.17, 15) is 29.1 Å². The number of nitrogens with one attached hydrogen (secondary N) is 4. The normalized spacial score (nSPS) is 13.3. The van der Waals surface area contributed by atoms with Crippen molar-refractivity contribution in [1.82, 2.24) is 15.3 Å². The second-order valence-corrected chi connectivity index (χ2v) is 14.2. The first-order valence-corrected chi connectivity index (χ1v) is 19.3. The number of nitrogens with zero attached hydrogens (tertiary/aromatic N) is 2. The van der Waals surface area contributed by atoms with Gasteiger partial charge in [0.25, 0.3) is 5.91 Å². The number of carbonyl (C=O) groups is 6. The summed E-state index contributed by atoms with van der Waals surface area (Å²) in [6, 6.07) is 16.2. The van der Waals surface area contributed by atoms with Gasteiger partial charge >= 0.3 is 6.03 Å². The van der Waals surface area contributed by atoms with Crippen molar-refractivity contribution in [3.05, 3.63) is 112 Å². The SMILES string of the molecule is CC(C)C(=O)CCC(C)C1C(=O)c2cccc(NCCCCNC(=O)c3cccc(C#Cc4cc(NC(=O)Nc5cc(Cl)ncc5CO)ccn4)c3)c2C1=O.CC=O. The van der Waals surface area contributed by atoms with E-state index in [0.717, 1.165) is 6.29 Å². The number of aromatic nitrogens is 2. The predicted molar refractivity (Wildman–Crippen MR) is 223 cm³/mol. The van der Waals surface area contributed by atoms with Gasteiger partial charge in [-0.1, -0.05) is 56.5 Å². The Labute approximate surface area is 342 Å². The quantitative estimate of drug-likeness (QED) is 0.0271. The summed E-state index contributed by atoms with van der Waals surface area (Å²) in [6.07, 6.45) is 5.86. The summed E-state index contributed by atoms with van der Waals surface area (Å²) in [6.45, 7) is 7.66. The molecular weight excluding hydrogens is 760 g/mol. The molecule has 2 atom stereocenters. The lowest BCUT2D eigenvalue weighted by molar-refractivity contribution is -0.122. The number of Topliss-reactive ketones (excluding diaryl/α,β-unsaturated/α-hetero) is 3. The van der Waals surface area contributed by atoms with Crippen molar-refractivity contribution in [3.63, 3.8) is 0 Å². The van der Waals surface area contributed by atoms with E-state index in [4.69, 9.17) is 16.4 Å². The van der Waals surface area contributed by atoms with Gasteiger partial charge in [0.1, 0.15) is 22.9 Å². The average molecular weight is 807 g/mol. The third-order valence-electron chi connectivity index (χ3n) is 9.25. The molecule has 0 saturated carbocycles. The lowest BCUT2D eigenvalue weighted by Crippen LogP contribution is -2.25. The Bertz CT molecular complexity index is 2210. The molecule has 5 N–H and O–H groups in total. The topological polar surface area (TPSA) is 197 Å². The number of anilines is 3. The minimum Gasteiger partial charge on any atom is -0.392 e. The molecule has 2 heterocycles. The van der Waals surface area contributed by atoms with E-state index in [0.29, 0.717) is 89.3 Å². The molecule has 1 aliphatic carbocycles. The molecule has 0 saturated heterocycles. The number of aliphatic hydroxyl groups is 1. The van der Waals surface area contributed by atoms with Crippen LogP contribution in [0.1, 0.15) is 101 Å². The van der Waals surface area contributed by atoms with Crippen LogP contribution in [0.2, 0.25) is 5.15 Å². The summed E-state index contributed by atoms with van der Waals surface area (Å²) in [5.74, 6) is 4.39. The van der Waals surface area contributed by atoms with Gasteiger partial charge in [-0.3, -0.25) is 19.2 Å². The van der Waals surface area contributed by atoms with Crippen molar-refractivity contribution in [2.24, 2.45) is 17.8 Å². The summed E-state index contributed by atoms with van der Waals surface area (Å²) in [5, 5.41) is 21.2. The molecule has 2 unspecified atom stereocenters. The molecule has 2 aromatic carbocycles. The van der Waals surface area contributed by atoms with Crippen molar-refractivity contribution < 1.29 is 33.9 Å². The van der Waals surface area contributed by atoms with Crippen LogP contribution in [-0.4, -0.2) is 63.7 Å². The predicted octanol–water partition coefficient (Wildman–Crippen LogP) is 7.13. The summed E-state index contributed by atoms with van der Waals surface area (Å²) in [4.78, 5) is 81.2. The van der Waals surface area contributed by atoms with Crippen LogP contribution >= 0.6 is 11.6 Å². The maximum Gasteiger partial charge on any atom is 0.323 e. The van der Waals surface area contributed by atoms with Crippen molar-refractivity contribution in [1.29, 1.82) is 0 Å². The fraction of sp³-hybridized carbons (Fsp3) is 0.318. The number of fused-ring (bicyclic) bond motifs is 1. The standard InChI is InChI=1S/C42H43ClN6O6.C2H4O/c1-25(2)35(51)15-12-26(3)37-39(52)32-10-7-11-33(38(32)40(37)53)45-17-4-5-18-46-41(54)28-9-6-8-27(20-28)13-14-30-21-31(16-19-44-30)48-42(55)49-34-22-36(43)47-23-29(34)24-50;1-2-3/h6-11,16,19-23,25-26,37,45,50H,4-5,12,15,17-18,24H2,1-3H3,(H,46,54)(H2,44,47,48,49,55);2H,1H3. The number of aliphatic hydroxyl groups excluding tert-OH is 1. The van der Waals surface area contributed by atoms with Crippen molar-refractivity contribution in [2.45, 2.75) is 60.0 Å². The van der Waals surface area contributed by atoms with Crippen molar-refractivity contribution in [2.75, 3.05) is 29.0 Å². The van der Waals surface area contributed by atoms with Gasteiger partial charge in [-0.25, -0.2) is 14.8 Å². The van der Waals surface area contributed by atoms with Crippen LogP contribution in [0.4, 0.5) is 21.9 Å². The highest BCUT2D eigenvalue weighted by Crippen LogP contribution is 2.37. The first-order valence-electron chi connectivity index (χ1n) is 18.9. The smallest absolute Gasteiger partial charge is 0.323 e. The average Bonchev–Trinajstić information content (AvgIpc) is 3.46. The minimum atomic E-state index is -0.773. The van der Waals surface area contributed by atoms with Gasteiger partial charge in [-0.05, 0) is 80.5 Å². The van der Waals surface area contributed by atoms with Gasteiger partial charge in [0, 0.05) is 71.5 Å². The van der Waals surface area contributed by atoms with Gasteiger partial charge in [-0.2, -0.15) is 0 Å². The van der Waals surface area contributed by atoms with Crippen LogP contribution in [0.15, 0.2) is 73.1 Å². The lowest BCUT2D eigenvalue weighted by atomic mass is 9.85. The maximum atomic E-state index is 13.4. The van der Waals surface area contributed by atoms with Crippen LogP contribution in [0.25, 0.3) is 0 Å². The van der Waals surface area contributed by atoms with E-state index in [-0.39, 0.29) is 46.9 Å². The Kier molecular flexibility index (Phi) is 16.8. The zero-order valence-electron chi connectivity index (χ0n) is 32.9. The van der Waals surface area contributed by atoms with Gasteiger partial charge in [0.2, 0.25) is 0 Å². The van der Waals surface area contributed by atoms with Crippen molar-refractivity contribution in [3.8, 4) is 11.8 Å². The largest absolute Gasteiger partial charge is 0.392 e. The van der Waals surface area contributed by atoms with Crippen LogP contribution in [0.3, 0.4) is 0 Å². The second-order valence-electron chi connectivity index (χ2n) is 13.9. The Morgan fingerprint density at radius 2 is 1.66 bits per heavy atom. The number of benzene rings is 2. The fourth-order valence-corrected chi connectivity index (χ4v) is 6.33. The number of hydrogen-bond donors (Lipinski definition) is 5. The molecule has 0 fully saturated rings. The Balaban J connectivity index is 0.00000240. The molecule has 13 nitrogen and oxygen atoms in total. The van der Waals surface area contributed by atoms with E-state index in [2.05, 4.69) is 43.1 Å². The molecule has 1 aliphatic rings. The first-order chi connectivity index (χ1) is 27.9. The van der Waals surface area contributed by atoms with E-state index in [1.807, 2.05) is 20.8 Å². The van der Waals surface area contributed by atoms with E-state index < -0.39 is 11.9 Å². The molecule has 58 heavy (non-hydrogen) atoms. The Hall–Kier alpha value is -6.23. The number of amides is 3. The van der Waals surface area contributed by atoms with Crippen LogP contribution in [0.5, 0.6) is 0 Å².